The number of nitrogens with zero attached hydrogens (tertiary/aromatic N) is 1. The number of hydrogen-bond donors (Lipinski definition) is 2. The normalized spacial score (nSPS) is 14.7. The predicted molar refractivity (Wildman–Crippen MR) is 103 cm³/mol. The van der Waals surface area contributed by atoms with E-state index < -0.39 is 10.8 Å². The second kappa shape index (κ2) is 8.14. The van der Waals surface area contributed by atoms with Gasteiger partial charge in [0.25, 0.3) is 5.91 Å². The zero-order chi connectivity index (χ0) is 18.5. The number of likely N-dealkylation sites (tertiary alicyclic amines) is 1. The Morgan fingerprint density at radius 3 is 2.08 bits per heavy atom. The van der Waals surface area contributed by atoms with Crippen LogP contribution in [0.3, 0.4) is 0 Å². The molecule has 26 heavy (non-hydrogen) atoms. The number of amides is 3. The topological polar surface area (TPSA) is 78.5 Å². The Labute approximate surface area is 155 Å². The van der Waals surface area contributed by atoms with Crippen molar-refractivity contribution in [3.05, 3.63) is 54.1 Å². The number of carbonyl (C=O) groups is 2. The first kappa shape index (κ1) is 18.1. The predicted octanol–water partition coefficient (Wildman–Crippen LogP) is 3.30. The van der Waals surface area contributed by atoms with Crippen molar-refractivity contribution in [3.63, 3.8) is 0 Å². The van der Waals surface area contributed by atoms with Gasteiger partial charge in [-0.05, 0) is 49.2 Å². The molecular weight excluding hydrogens is 350 g/mol. The van der Waals surface area contributed by atoms with Gasteiger partial charge in [-0.25, -0.2) is 4.79 Å². The number of rotatable bonds is 4. The van der Waals surface area contributed by atoms with Crippen LogP contribution in [0.4, 0.5) is 16.2 Å². The van der Waals surface area contributed by atoms with E-state index in [1.807, 2.05) is 0 Å². The minimum absolute atomic E-state index is 0.154. The minimum atomic E-state index is -1.08. The second-order valence-electron chi connectivity index (χ2n) is 6.10. The molecule has 1 atom stereocenters. The maximum atomic E-state index is 12.5. The number of nitrogens with one attached hydrogen (secondary N) is 2. The molecule has 136 valence electrons. The molecule has 1 aliphatic heterocycles. The number of hydrogen-bond acceptors (Lipinski definition) is 3. The number of anilines is 2. The fourth-order valence-corrected chi connectivity index (χ4v) is 3.33. The van der Waals surface area contributed by atoms with Crippen molar-refractivity contribution in [2.24, 2.45) is 0 Å². The van der Waals surface area contributed by atoms with E-state index in [4.69, 9.17) is 0 Å². The van der Waals surface area contributed by atoms with Crippen LogP contribution in [0.5, 0.6) is 0 Å². The Bertz CT molecular complexity index is 830. The van der Waals surface area contributed by atoms with Crippen molar-refractivity contribution in [1.82, 2.24) is 4.90 Å². The molecule has 2 N–H and O–H groups in total. The summed E-state index contributed by atoms with van der Waals surface area (Å²) in [4.78, 5) is 27.2. The van der Waals surface area contributed by atoms with Gasteiger partial charge in [0.15, 0.2) is 0 Å². The van der Waals surface area contributed by atoms with Crippen LogP contribution in [-0.4, -0.2) is 40.4 Å². The van der Waals surface area contributed by atoms with Crippen LogP contribution >= 0.6 is 0 Å². The minimum Gasteiger partial charge on any atom is -0.325 e. The molecule has 1 heterocycles. The Morgan fingerprint density at radius 2 is 1.50 bits per heavy atom. The number of urea groups is 1. The zero-order valence-corrected chi connectivity index (χ0v) is 15.3. The molecule has 0 saturated carbocycles. The Hall–Kier alpha value is -2.67. The van der Waals surface area contributed by atoms with E-state index in [0.29, 0.717) is 21.8 Å². The maximum Gasteiger partial charge on any atom is 0.321 e. The highest BCUT2D eigenvalue weighted by Crippen LogP contribution is 2.23. The Morgan fingerprint density at radius 1 is 0.923 bits per heavy atom. The summed E-state index contributed by atoms with van der Waals surface area (Å²) in [5, 5.41) is 5.69. The van der Waals surface area contributed by atoms with Crippen molar-refractivity contribution in [1.29, 1.82) is 0 Å². The van der Waals surface area contributed by atoms with Crippen LogP contribution in [0.1, 0.15) is 23.2 Å². The molecule has 2 aromatic carbocycles. The van der Waals surface area contributed by atoms with Crippen molar-refractivity contribution >= 4 is 34.1 Å². The molecule has 0 aliphatic carbocycles. The fraction of sp³-hybridized carbons (Fsp3) is 0.263. The third kappa shape index (κ3) is 4.29. The molecule has 1 fully saturated rings. The average molecular weight is 371 g/mol. The lowest BCUT2D eigenvalue weighted by Gasteiger charge is -2.18. The molecule has 6 nitrogen and oxygen atoms in total. The first-order valence-corrected chi connectivity index (χ1v) is 10.0. The van der Waals surface area contributed by atoms with Gasteiger partial charge in [-0.1, -0.05) is 12.1 Å². The molecule has 3 amide bonds. The summed E-state index contributed by atoms with van der Waals surface area (Å²) in [5.74, 6) is -0.290. The number of para-hydroxylation sites is 2. The summed E-state index contributed by atoms with van der Waals surface area (Å²) in [5.41, 5.74) is 1.55. The summed E-state index contributed by atoms with van der Waals surface area (Å²) in [6.07, 6.45) is 3.63. The SMILES string of the molecule is C[S@](=O)c1ccc(C(=O)Nc2ccccc2NC(=O)N2CCCC2)cc1. The summed E-state index contributed by atoms with van der Waals surface area (Å²) < 4.78 is 11.4. The van der Waals surface area contributed by atoms with Gasteiger partial charge in [0.2, 0.25) is 0 Å². The van der Waals surface area contributed by atoms with Crippen molar-refractivity contribution < 1.29 is 13.8 Å². The standard InChI is InChI=1S/C19H21N3O3S/c1-26(25)15-10-8-14(9-11-15)18(23)20-16-6-2-3-7-17(16)21-19(24)22-12-4-5-13-22/h2-3,6-11H,4-5,12-13H2,1H3,(H,20,23)(H,21,24)/t26-/m0/s1. The summed E-state index contributed by atoms with van der Waals surface area (Å²) >= 11 is 0. The number of benzene rings is 2. The van der Waals surface area contributed by atoms with Gasteiger partial charge in [-0.15, -0.1) is 0 Å². The molecule has 0 aromatic heterocycles. The lowest BCUT2D eigenvalue weighted by atomic mass is 10.2. The van der Waals surface area contributed by atoms with Crippen LogP contribution in [-0.2, 0) is 10.8 Å². The van der Waals surface area contributed by atoms with E-state index in [9.17, 15) is 13.8 Å². The van der Waals surface area contributed by atoms with Crippen LogP contribution < -0.4 is 10.6 Å². The monoisotopic (exact) mass is 371 g/mol. The Kier molecular flexibility index (Phi) is 5.68. The highest BCUT2D eigenvalue weighted by atomic mass is 32.2. The van der Waals surface area contributed by atoms with Gasteiger partial charge >= 0.3 is 6.03 Å². The van der Waals surface area contributed by atoms with Gasteiger partial charge in [0.1, 0.15) is 0 Å². The highest BCUT2D eigenvalue weighted by Gasteiger charge is 2.19. The molecule has 1 saturated heterocycles. The second-order valence-corrected chi connectivity index (χ2v) is 7.48. The van der Waals surface area contributed by atoms with Crippen LogP contribution in [0.25, 0.3) is 0 Å². The van der Waals surface area contributed by atoms with E-state index in [-0.39, 0.29) is 11.9 Å². The zero-order valence-electron chi connectivity index (χ0n) is 14.5. The van der Waals surface area contributed by atoms with Crippen LogP contribution in [0.2, 0.25) is 0 Å². The molecule has 0 bridgehead atoms. The van der Waals surface area contributed by atoms with E-state index in [0.717, 1.165) is 25.9 Å². The molecule has 7 heteroatoms. The molecule has 0 unspecified atom stereocenters. The smallest absolute Gasteiger partial charge is 0.321 e. The molecule has 1 aliphatic rings. The van der Waals surface area contributed by atoms with Crippen molar-refractivity contribution in [2.75, 3.05) is 30.0 Å². The van der Waals surface area contributed by atoms with Gasteiger partial charge in [-0.2, -0.15) is 0 Å². The Balaban J connectivity index is 1.72. The van der Waals surface area contributed by atoms with Gasteiger partial charge in [-0.3, -0.25) is 9.00 Å². The molecule has 2 aromatic rings. The van der Waals surface area contributed by atoms with Crippen LogP contribution in [0, 0.1) is 0 Å². The first-order chi connectivity index (χ1) is 12.5. The average Bonchev–Trinajstić information content (AvgIpc) is 3.18. The highest BCUT2D eigenvalue weighted by molar-refractivity contribution is 7.84. The van der Waals surface area contributed by atoms with E-state index in [1.165, 1.54) is 0 Å². The van der Waals surface area contributed by atoms with Crippen LogP contribution in [0.15, 0.2) is 53.4 Å². The molecule has 0 radical (unpaired) electrons. The lowest BCUT2D eigenvalue weighted by Crippen LogP contribution is -2.32. The molecule has 0 spiro atoms. The maximum absolute atomic E-state index is 12.5. The van der Waals surface area contributed by atoms with Crippen molar-refractivity contribution in [3.8, 4) is 0 Å². The number of carbonyl (C=O) groups excluding carboxylic acids is 2. The first-order valence-electron chi connectivity index (χ1n) is 8.44. The third-order valence-electron chi connectivity index (χ3n) is 4.26. The largest absolute Gasteiger partial charge is 0.325 e. The molecular formula is C19H21N3O3S. The lowest BCUT2D eigenvalue weighted by molar-refractivity contribution is 0.102. The van der Waals surface area contributed by atoms with E-state index in [1.54, 1.807) is 59.7 Å². The molecule has 3 rings (SSSR count). The summed E-state index contributed by atoms with van der Waals surface area (Å²) in [6.45, 7) is 1.51. The van der Waals surface area contributed by atoms with Crippen molar-refractivity contribution in [2.45, 2.75) is 17.7 Å². The fourth-order valence-electron chi connectivity index (χ4n) is 2.81. The van der Waals surface area contributed by atoms with E-state index >= 15 is 0 Å². The van der Waals surface area contributed by atoms with Gasteiger partial charge in [0, 0.05) is 40.6 Å². The summed E-state index contributed by atoms with van der Waals surface area (Å²) in [6, 6.07) is 13.6. The van der Waals surface area contributed by atoms with Gasteiger partial charge in [0.05, 0.1) is 11.4 Å². The van der Waals surface area contributed by atoms with Gasteiger partial charge < -0.3 is 15.5 Å². The van der Waals surface area contributed by atoms with E-state index in [2.05, 4.69) is 10.6 Å². The summed E-state index contributed by atoms with van der Waals surface area (Å²) in [7, 11) is -1.08. The third-order valence-corrected chi connectivity index (χ3v) is 5.19. The quantitative estimate of drug-likeness (QED) is 0.865.